The van der Waals surface area contributed by atoms with Crippen molar-refractivity contribution < 1.29 is 4.39 Å². The molecule has 0 radical (unpaired) electrons. The summed E-state index contributed by atoms with van der Waals surface area (Å²) in [5.74, 6) is 0.555. The molecule has 0 aliphatic rings. The Morgan fingerprint density at radius 1 is 1.26 bits per heavy atom. The average Bonchev–Trinajstić information content (AvgIpc) is 2.68. The van der Waals surface area contributed by atoms with Gasteiger partial charge in [0.05, 0.1) is 5.52 Å². The fraction of sp³-hybridized carbons (Fsp3) is 0.533. The number of fused-ring (bicyclic) bond motifs is 1. The molecule has 2 rings (SSSR count). The molecule has 2 aromatic rings. The second-order valence-electron chi connectivity index (χ2n) is 6.13. The molecule has 0 bridgehead atoms. The Bertz CT molecular complexity index is 606. The Morgan fingerprint density at radius 2 is 1.89 bits per heavy atom. The molecule has 1 heterocycles. The van der Waals surface area contributed by atoms with Crippen molar-refractivity contribution in [2.75, 3.05) is 0 Å². The van der Waals surface area contributed by atoms with Gasteiger partial charge in [0.2, 0.25) is 0 Å². The van der Waals surface area contributed by atoms with Crippen molar-refractivity contribution >= 4 is 11.0 Å². The lowest BCUT2D eigenvalue weighted by Crippen LogP contribution is -2.51. The molecule has 4 heteroatoms. The second kappa shape index (κ2) is 4.30. The number of imidazole rings is 1. The van der Waals surface area contributed by atoms with Crippen molar-refractivity contribution in [3.63, 3.8) is 0 Å². The summed E-state index contributed by atoms with van der Waals surface area (Å²) >= 11 is 0. The second-order valence-corrected chi connectivity index (χ2v) is 6.13. The van der Waals surface area contributed by atoms with E-state index in [4.69, 9.17) is 5.73 Å². The minimum atomic E-state index is -0.447. The van der Waals surface area contributed by atoms with E-state index in [-0.39, 0.29) is 11.2 Å². The van der Waals surface area contributed by atoms with Crippen LogP contribution < -0.4 is 5.73 Å². The lowest BCUT2D eigenvalue weighted by Gasteiger charge is -2.38. The molecule has 0 unspecified atom stereocenters. The molecular formula is C15H22FN3. The molecule has 0 fully saturated rings. The van der Waals surface area contributed by atoms with E-state index in [1.165, 1.54) is 6.07 Å². The maximum absolute atomic E-state index is 13.9. The smallest absolute Gasteiger partial charge is 0.151 e. The zero-order valence-electron chi connectivity index (χ0n) is 12.3. The highest BCUT2D eigenvalue weighted by Crippen LogP contribution is 2.34. The van der Waals surface area contributed by atoms with Crippen molar-refractivity contribution in [1.29, 1.82) is 0 Å². The molecule has 0 saturated carbocycles. The van der Waals surface area contributed by atoms with Gasteiger partial charge in [-0.2, -0.15) is 0 Å². The first-order valence-electron chi connectivity index (χ1n) is 6.64. The van der Waals surface area contributed by atoms with Crippen LogP contribution in [0.15, 0.2) is 18.2 Å². The number of para-hydroxylation sites is 1. The van der Waals surface area contributed by atoms with Crippen LogP contribution in [-0.4, -0.2) is 15.1 Å². The number of benzene rings is 1. The third kappa shape index (κ3) is 2.04. The van der Waals surface area contributed by atoms with Gasteiger partial charge in [0, 0.05) is 17.5 Å². The Balaban J connectivity index is 2.78. The molecule has 1 aromatic carbocycles. The van der Waals surface area contributed by atoms with Crippen LogP contribution in [-0.2, 0) is 12.0 Å². The third-order valence-electron chi connectivity index (χ3n) is 4.22. The van der Waals surface area contributed by atoms with Crippen molar-refractivity contribution in [3.8, 4) is 0 Å². The van der Waals surface area contributed by atoms with Gasteiger partial charge in [-0.25, -0.2) is 9.37 Å². The number of aromatic nitrogens is 2. The topological polar surface area (TPSA) is 43.8 Å². The van der Waals surface area contributed by atoms with Crippen LogP contribution in [0.2, 0.25) is 0 Å². The van der Waals surface area contributed by atoms with Gasteiger partial charge in [-0.15, -0.1) is 0 Å². The van der Waals surface area contributed by atoms with E-state index >= 15 is 0 Å². The Labute approximate surface area is 113 Å². The molecule has 104 valence electrons. The molecule has 2 N–H and O–H groups in total. The summed E-state index contributed by atoms with van der Waals surface area (Å²) in [5, 5.41) is 0. The molecule has 0 saturated heterocycles. The molecule has 19 heavy (non-hydrogen) atoms. The normalized spacial score (nSPS) is 13.2. The van der Waals surface area contributed by atoms with Crippen LogP contribution in [0.3, 0.4) is 0 Å². The Morgan fingerprint density at radius 3 is 2.42 bits per heavy atom. The summed E-state index contributed by atoms with van der Waals surface area (Å²) in [4.78, 5) is 4.53. The van der Waals surface area contributed by atoms with Gasteiger partial charge in [-0.05, 0) is 32.9 Å². The quantitative estimate of drug-likeness (QED) is 0.924. The maximum Gasteiger partial charge on any atom is 0.151 e. The lowest BCUT2D eigenvalue weighted by molar-refractivity contribution is 0.283. The fourth-order valence-corrected chi connectivity index (χ4v) is 2.20. The van der Waals surface area contributed by atoms with Gasteiger partial charge in [0.15, 0.2) is 5.82 Å². The fourth-order valence-electron chi connectivity index (χ4n) is 2.20. The van der Waals surface area contributed by atoms with Gasteiger partial charge >= 0.3 is 0 Å². The summed E-state index contributed by atoms with van der Waals surface area (Å²) in [7, 11) is 0. The van der Waals surface area contributed by atoms with Crippen molar-refractivity contribution in [1.82, 2.24) is 9.55 Å². The van der Waals surface area contributed by atoms with E-state index in [9.17, 15) is 4.39 Å². The number of aryl methyl sites for hydroxylation is 1. The van der Waals surface area contributed by atoms with E-state index in [1.807, 2.05) is 31.4 Å². The minimum Gasteiger partial charge on any atom is -0.328 e. The summed E-state index contributed by atoms with van der Waals surface area (Å²) < 4.78 is 15.9. The third-order valence-corrected chi connectivity index (χ3v) is 4.22. The first-order valence-corrected chi connectivity index (χ1v) is 6.64. The summed E-state index contributed by atoms with van der Waals surface area (Å²) in [6, 6.07) is 5.06. The predicted molar refractivity (Wildman–Crippen MR) is 76.7 cm³/mol. The van der Waals surface area contributed by atoms with E-state index in [0.29, 0.717) is 5.52 Å². The highest BCUT2D eigenvalue weighted by atomic mass is 19.1. The van der Waals surface area contributed by atoms with Gasteiger partial charge in [0.25, 0.3) is 0 Å². The van der Waals surface area contributed by atoms with Crippen LogP contribution in [0.5, 0.6) is 0 Å². The minimum absolute atomic E-state index is 0.281. The summed E-state index contributed by atoms with van der Waals surface area (Å²) in [6.07, 6.45) is 0. The number of halogens is 1. The largest absolute Gasteiger partial charge is 0.328 e. The average molecular weight is 263 g/mol. The Hall–Kier alpha value is -1.42. The van der Waals surface area contributed by atoms with Crippen LogP contribution in [0, 0.1) is 5.82 Å². The van der Waals surface area contributed by atoms with Gasteiger partial charge < -0.3 is 10.3 Å². The number of nitrogens with zero attached hydrogens (tertiary/aromatic N) is 2. The Kier molecular flexibility index (Phi) is 3.17. The summed E-state index contributed by atoms with van der Waals surface area (Å²) in [6.45, 7) is 10.8. The molecule has 0 aliphatic heterocycles. The van der Waals surface area contributed by atoms with Crippen LogP contribution in [0.4, 0.5) is 4.39 Å². The highest BCUT2D eigenvalue weighted by molar-refractivity contribution is 5.77. The summed E-state index contributed by atoms with van der Waals surface area (Å²) in [5.41, 5.74) is 6.74. The number of hydrogen-bond donors (Lipinski definition) is 1. The zero-order valence-corrected chi connectivity index (χ0v) is 12.3. The van der Waals surface area contributed by atoms with Crippen molar-refractivity contribution in [2.45, 2.75) is 52.1 Å². The van der Waals surface area contributed by atoms with Gasteiger partial charge in [0.1, 0.15) is 11.3 Å². The molecular weight excluding hydrogens is 241 g/mol. The van der Waals surface area contributed by atoms with Gasteiger partial charge in [-0.1, -0.05) is 19.9 Å². The first kappa shape index (κ1) is 14.0. The molecule has 0 atom stereocenters. The van der Waals surface area contributed by atoms with E-state index in [0.717, 1.165) is 17.9 Å². The molecule has 0 amide bonds. The van der Waals surface area contributed by atoms with Gasteiger partial charge in [-0.3, -0.25) is 0 Å². The zero-order chi connectivity index (χ0) is 14.4. The molecule has 0 aliphatic carbocycles. The molecule has 1 aromatic heterocycles. The standard InChI is InChI=1S/C15H22FN3/c1-6-19-11-9-7-8-10(16)12(11)18-13(19)14(2,3)15(4,5)17/h7-9H,6,17H2,1-5H3. The SMILES string of the molecule is CCn1c(C(C)(C)C(C)(C)N)nc2c(F)cccc21. The number of nitrogens with two attached hydrogens (primary N) is 1. The van der Waals surface area contributed by atoms with Crippen LogP contribution in [0.1, 0.15) is 40.4 Å². The van der Waals surface area contributed by atoms with Crippen molar-refractivity contribution in [3.05, 3.63) is 29.8 Å². The van der Waals surface area contributed by atoms with Crippen LogP contribution in [0.25, 0.3) is 11.0 Å². The lowest BCUT2D eigenvalue weighted by atomic mass is 9.74. The van der Waals surface area contributed by atoms with Crippen molar-refractivity contribution in [2.24, 2.45) is 5.73 Å². The van der Waals surface area contributed by atoms with E-state index in [1.54, 1.807) is 6.07 Å². The number of rotatable bonds is 3. The maximum atomic E-state index is 13.9. The molecule has 0 spiro atoms. The van der Waals surface area contributed by atoms with E-state index in [2.05, 4.69) is 18.8 Å². The first-order chi connectivity index (χ1) is 8.70. The highest BCUT2D eigenvalue weighted by Gasteiger charge is 2.39. The predicted octanol–water partition coefficient (Wildman–Crippen LogP) is 3.21. The number of hydrogen-bond acceptors (Lipinski definition) is 2. The molecule has 3 nitrogen and oxygen atoms in total. The van der Waals surface area contributed by atoms with E-state index < -0.39 is 5.54 Å². The monoisotopic (exact) mass is 263 g/mol. The van der Waals surface area contributed by atoms with Crippen LogP contribution >= 0.6 is 0 Å².